The van der Waals surface area contributed by atoms with Crippen molar-refractivity contribution in [2.45, 2.75) is 59.2 Å². The maximum Gasteiger partial charge on any atom is 0.408 e. The predicted molar refractivity (Wildman–Crippen MR) is 124 cm³/mol. The van der Waals surface area contributed by atoms with Crippen LogP contribution in [-0.4, -0.2) is 30.0 Å². The largest absolute Gasteiger partial charge is 0.445 e. The highest BCUT2D eigenvalue weighted by molar-refractivity contribution is 5.91. The molecular formula is C25H33N3O4. The Morgan fingerprint density at radius 1 is 0.906 bits per heavy atom. The van der Waals surface area contributed by atoms with E-state index in [0.29, 0.717) is 6.42 Å². The Morgan fingerprint density at radius 2 is 1.53 bits per heavy atom. The first kappa shape index (κ1) is 24.9. The zero-order chi connectivity index (χ0) is 23.7. The summed E-state index contributed by atoms with van der Waals surface area (Å²) in [6.07, 6.45) is -0.0202. The van der Waals surface area contributed by atoms with Crippen molar-refractivity contribution in [3.63, 3.8) is 0 Å². The molecule has 172 valence electrons. The van der Waals surface area contributed by atoms with Crippen LogP contribution in [0.3, 0.4) is 0 Å². The van der Waals surface area contributed by atoms with E-state index in [1.807, 2.05) is 76.2 Å². The number of primary amides is 1. The van der Waals surface area contributed by atoms with Crippen LogP contribution in [0.5, 0.6) is 0 Å². The van der Waals surface area contributed by atoms with E-state index in [1.165, 1.54) is 0 Å². The van der Waals surface area contributed by atoms with Gasteiger partial charge < -0.3 is 21.1 Å². The van der Waals surface area contributed by atoms with Crippen molar-refractivity contribution >= 4 is 17.9 Å². The van der Waals surface area contributed by atoms with Gasteiger partial charge in [-0.05, 0) is 48.4 Å². The minimum Gasteiger partial charge on any atom is -0.445 e. The van der Waals surface area contributed by atoms with E-state index < -0.39 is 30.0 Å². The number of rotatable bonds is 10. The second-order valence-corrected chi connectivity index (χ2v) is 8.43. The summed E-state index contributed by atoms with van der Waals surface area (Å²) in [6, 6.07) is 13.4. The molecule has 4 N–H and O–H groups in total. The van der Waals surface area contributed by atoms with Crippen molar-refractivity contribution in [1.82, 2.24) is 10.6 Å². The van der Waals surface area contributed by atoms with Gasteiger partial charge in [0.1, 0.15) is 18.7 Å². The Kier molecular flexibility index (Phi) is 9.25. The molecule has 0 saturated heterocycles. The lowest BCUT2D eigenvalue weighted by Gasteiger charge is -2.24. The van der Waals surface area contributed by atoms with Gasteiger partial charge in [-0.1, -0.05) is 62.4 Å². The van der Waals surface area contributed by atoms with E-state index in [9.17, 15) is 14.4 Å². The third-order valence-electron chi connectivity index (χ3n) is 5.24. The molecule has 0 fully saturated rings. The third kappa shape index (κ3) is 7.72. The molecule has 0 aliphatic rings. The molecule has 2 aromatic rings. The fourth-order valence-electron chi connectivity index (χ4n) is 3.48. The first-order valence-electron chi connectivity index (χ1n) is 10.8. The van der Waals surface area contributed by atoms with Gasteiger partial charge in [-0.2, -0.15) is 0 Å². The van der Waals surface area contributed by atoms with Crippen LogP contribution in [0.1, 0.15) is 42.5 Å². The van der Waals surface area contributed by atoms with Gasteiger partial charge in [-0.15, -0.1) is 0 Å². The summed E-state index contributed by atoms with van der Waals surface area (Å²) < 4.78 is 5.25. The lowest BCUT2D eigenvalue weighted by Crippen LogP contribution is -2.54. The first-order valence-corrected chi connectivity index (χ1v) is 10.8. The van der Waals surface area contributed by atoms with Gasteiger partial charge in [0.2, 0.25) is 11.8 Å². The van der Waals surface area contributed by atoms with Gasteiger partial charge in [-0.25, -0.2) is 4.79 Å². The van der Waals surface area contributed by atoms with Crippen molar-refractivity contribution in [3.05, 3.63) is 70.8 Å². The fraction of sp³-hybridized carbons (Fsp3) is 0.400. The summed E-state index contributed by atoms with van der Waals surface area (Å²) >= 11 is 0. The monoisotopic (exact) mass is 439 g/mol. The maximum absolute atomic E-state index is 13.0. The third-order valence-corrected chi connectivity index (χ3v) is 5.24. The topological polar surface area (TPSA) is 111 Å². The smallest absolute Gasteiger partial charge is 0.408 e. The summed E-state index contributed by atoms with van der Waals surface area (Å²) in [6.45, 7) is 7.89. The molecule has 0 saturated carbocycles. The summed E-state index contributed by atoms with van der Waals surface area (Å²) in [4.78, 5) is 37.4. The summed E-state index contributed by atoms with van der Waals surface area (Å²) in [5.74, 6) is -0.966. The molecule has 0 radical (unpaired) electrons. The molecule has 2 rings (SSSR count). The minimum absolute atomic E-state index is 0.0964. The number of hydrogen-bond donors (Lipinski definition) is 3. The van der Waals surface area contributed by atoms with Crippen molar-refractivity contribution in [3.8, 4) is 0 Å². The second-order valence-electron chi connectivity index (χ2n) is 8.43. The molecule has 2 aromatic carbocycles. The Bertz CT molecular complexity index is 908. The lowest BCUT2D eigenvalue weighted by molar-refractivity contribution is -0.128. The molecule has 7 nitrogen and oxygen atoms in total. The Hall–Kier alpha value is -3.35. The summed E-state index contributed by atoms with van der Waals surface area (Å²) in [7, 11) is 0. The zero-order valence-corrected chi connectivity index (χ0v) is 19.2. The van der Waals surface area contributed by atoms with Gasteiger partial charge in [0.15, 0.2) is 0 Å². The van der Waals surface area contributed by atoms with Crippen molar-refractivity contribution in [2.24, 2.45) is 11.7 Å². The minimum atomic E-state index is -0.890. The van der Waals surface area contributed by atoms with E-state index in [4.69, 9.17) is 10.5 Å². The van der Waals surface area contributed by atoms with Gasteiger partial charge in [0.05, 0.1) is 0 Å². The first-order chi connectivity index (χ1) is 15.2. The number of ether oxygens (including phenoxy) is 1. The molecule has 7 heteroatoms. The molecule has 0 heterocycles. The highest BCUT2D eigenvalue weighted by atomic mass is 16.5. The van der Waals surface area contributed by atoms with E-state index in [1.54, 1.807) is 0 Å². The Balaban J connectivity index is 2.05. The second kappa shape index (κ2) is 11.9. The molecule has 2 atom stereocenters. The van der Waals surface area contributed by atoms with E-state index >= 15 is 0 Å². The van der Waals surface area contributed by atoms with E-state index in [-0.39, 0.29) is 18.9 Å². The van der Waals surface area contributed by atoms with Crippen LogP contribution in [0, 0.1) is 19.8 Å². The standard InChI is InChI=1S/C25H33N3O4/c1-16(2)13-22(28-25(31)32-15-19-11-6-5-7-12-19)24(30)27-21(23(26)29)14-20-17(3)9-8-10-18(20)4/h5-12,16,21-22H,13-15H2,1-4H3,(H2,26,29)(H,27,30)(H,28,31)/t21-,22-/m0/s1. The van der Waals surface area contributed by atoms with Crippen LogP contribution in [0.15, 0.2) is 48.5 Å². The van der Waals surface area contributed by atoms with Crippen molar-refractivity contribution in [2.75, 3.05) is 0 Å². The number of hydrogen-bond acceptors (Lipinski definition) is 4. The molecule has 0 unspecified atom stereocenters. The van der Waals surface area contributed by atoms with E-state index in [0.717, 1.165) is 22.3 Å². The number of aryl methyl sites for hydroxylation is 2. The number of benzene rings is 2. The number of alkyl carbamates (subject to hydrolysis) is 1. The molecule has 0 aliphatic carbocycles. The van der Waals surface area contributed by atoms with E-state index in [2.05, 4.69) is 10.6 Å². The van der Waals surface area contributed by atoms with Crippen LogP contribution < -0.4 is 16.4 Å². The van der Waals surface area contributed by atoms with Gasteiger partial charge in [-0.3, -0.25) is 9.59 Å². The highest BCUT2D eigenvalue weighted by Gasteiger charge is 2.27. The summed E-state index contributed by atoms with van der Waals surface area (Å²) in [5, 5.41) is 5.34. The van der Waals surface area contributed by atoms with Gasteiger partial charge in [0, 0.05) is 6.42 Å². The maximum atomic E-state index is 13.0. The molecule has 0 aromatic heterocycles. The number of carbonyl (C=O) groups excluding carboxylic acids is 3. The van der Waals surface area contributed by atoms with Crippen LogP contribution in [-0.2, 0) is 27.4 Å². The summed E-state index contributed by atoms with van der Waals surface area (Å²) in [5.41, 5.74) is 9.43. The lowest BCUT2D eigenvalue weighted by atomic mass is 9.95. The molecule has 0 bridgehead atoms. The Morgan fingerprint density at radius 3 is 2.09 bits per heavy atom. The van der Waals surface area contributed by atoms with Crippen LogP contribution in [0.25, 0.3) is 0 Å². The highest BCUT2D eigenvalue weighted by Crippen LogP contribution is 2.16. The number of amides is 3. The number of nitrogens with one attached hydrogen (secondary N) is 2. The van der Waals surface area contributed by atoms with Crippen LogP contribution >= 0.6 is 0 Å². The fourth-order valence-corrected chi connectivity index (χ4v) is 3.48. The normalized spacial score (nSPS) is 12.7. The molecule has 0 aliphatic heterocycles. The van der Waals surface area contributed by atoms with Crippen molar-refractivity contribution < 1.29 is 19.1 Å². The van der Waals surface area contributed by atoms with Crippen LogP contribution in [0.4, 0.5) is 4.79 Å². The SMILES string of the molecule is Cc1cccc(C)c1C[C@H](NC(=O)[C@H](CC(C)C)NC(=O)OCc1ccccc1)C(N)=O. The molecule has 0 spiro atoms. The molecule has 3 amide bonds. The number of nitrogens with two attached hydrogens (primary N) is 1. The van der Waals surface area contributed by atoms with Crippen molar-refractivity contribution in [1.29, 1.82) is 0 Å². The van der Waals surface area contributed by atoms with Gasteiger partial charge in [0.25, 0.3) is 0 Å². The molecular weight excluding hydrogens is 406 g/mol. The number of carbonyl (C=O) groups is 3. The quantitative estimate of drug-likeness (QED) is 0.528. The molecule has 32 heavy (non-hydrogen) atoms. The van der Waals surface area contributed by atoms with Crippen LogP contribution in [0.2, 0.25) is 0 Å². The Labute approximate surface area is 189 Å². The zero-order valence-electron chi connectivity index (χ0n) is 19.2. The predicted octanol–water partition coefficient (Wildman–Crippen LogP) is 3.16. The van der Waals surface area contributed by atoms with Gasteiger partial charge >= 0.3 is 6.09 Å². The average molecular weight is 440 g/mol. The average Bonchev–Trinajstić information content (AvgIpc) is 2.73.